The first-order valence-corrected chi connectivity index (χ1v) is 10.7. The zero-order valence-corrected chi connectivity index (χ0v) is 15.8. The number of carbonyl (C=O) groups excluding carboxylic acids is 1. The summed E-state index contributed by atoms with van der Waals surface area (Å²) in [5.41, 5.74) is 0.367. The number of sulfonamides is 1. The quantitative estimate of drug-likeness (QED) is 0.869. The molecule has 0 atom stereocenters. The number of hydrogen-bond acceptors (Lipinski definition) is 4. The third-order valence-electron chi connectivity index (χ3n) is 4.27. The van der Waals surface area contributed by atoms with Crippen molar-refractivity contribution in [2.45, 2.75) is 37.6 Å². The number of nitrogens with one attached hydrogen (secondary N) is 1. The summed E-state index contributed by atoms with van der Waals surface area (Å²) >= 11 is 1.63. The zero-order chi connectivity index (χ0) is 17.9. The molecule has 1 amide bonds. The van der Waals surface area contributed by atoms with Crippen molar-refractivity contribution in [1.29, 1.82) is 0 Å². The molecule has 0 aliphatic carbocycles. The maximum atomic E-state index is 12.7. The minimum absolute atomic E-state index is 0.189. The van der Waals surface area contributed by atoms with E-state index in [0.29, 0.717) is 25.2 Å². The number of rotatable bonds is 5. The van der Waals surface area contributed by atoms with Crippen molar-refractivity contribution in [1.82, 2.24) is 9.62 Å². The van der Waals surface area contributed by atoms with E-state index >= 15 is 0 Å². The molecule has 0 saturated carbocycles. The van der Waals surface area contributed by atoms with Gasteiger partial charge < -0.3 is 5.32 Å². The lowest BCUT2D eigenvalue weighted by molar-refractivity contribution is 0.0951. The largest absolute Gasteiger partial charge is 0.347 e. The van der Waals surface area contributed by atoms with E-state index in [1.807, 2.05) is 19.1 Å². The molecule has 0 spiro atoms. The Bertz CT molecular complexity index is 853. The summed E-state index contributed by atoms with van der Waals surface area (Å²) in [5.74, 6) is -0.262. The lowest BCUT2D eigenvalue weighted by atomic mass is 10.2. The Morgan fingerprint density at radius 3 is 2.60 bits per heavy atom. The highest BCUT2D eigenvalue weighted by Crippen LogP contribution is 2.21. The standard InChI is InChI=1S/C18H22N2O3S2/c1-14-8-9-16(24-14)13-19-18(21)15-6-5-7-17(12-15)25(22,23)20-10-3-2-4-11-20/h5-9,12H,2-4,10-11,13H2,1H3,(H,19,21). The van der Waals surface area contributed by atoms with Crippen LogP contribution < -0.4 is 5.32 Å². The normalized spacial score (nSPS) is 15.9. The topological polar surface area (TPSA) is 66.5 Å². The van der Waals surface area contributed by atoms with Gasteiger partial charge in [-0.3, -0.25) is 4.79 Å². The van der Waals surface area contributed by atoms with Gasteiger partial charge in [-0.1, -0.05) is 12.5 Å². The van der Waals surface area contributed by atoms with E-state index in [1.165, 1.54) is 15.2 Å². The number of nitrogens with zero attached hydrogens (tertiary/aromatic N) is 1. The molecule has 0 radical (unpaired) electrons. The van der Waals surface area contributed by atoms with Crippen molar-refractivity contribution in [3.05, 3.63) is 51.7 Å². The van der Waals surface area contributed by atoms with Gasteiger partial charge in [0.2, 0.25) is 10.0 Å². The van der Waals surface area contributed by atoms with Crippen LogP contribution in [-0.2, 0) is 16.6 Å². The van der Waals surface area contributed by atoms with Crippen molar-refractivity contribution in [2.75, 3.05) is 13.1 Å². The molecule has 1 aromatic carbocycles. The number of carbonyl (C=O) groups is 1. The Labute approximate surface area is 152 Å². The molecule has 2 aromatic rings. The molecule has 5 nitrogen and oxygen atoms in total. The second-order valence-corrected chi connectivity index (χ2v) is 9.50. The lowest BCUT2D eigenvalue weighted by Crippen LogP contribution is -2.35. The predicted molar refractivity (Wildman–Crippen MR) is 99.3 cm³/mol. The predicted octanol–water partition coefficient (Wildman–Crippen LogP) is 3.16. The molecule has 1 aromatic heterocycles. The Hall–Kier alpha value is -1.70. The summed E-state index contributed by atoms with van der Waals surface area (Å²) in [6, 6.07) is 10.3. The number of aryl methyl sites for hydroxylation is 1. The average molecular weight is 379 g/mol. The van der Waals surface area contributed by atoms with Gasteiger partial charge in [-0.15, -0.1) is 11.3 Å². The van der Waals surface area contributed by atoms with Crippen molar-refractivity contribution < 1.29 is 13.2 Å². The zero-order valence-electron chi connectivity index (χ0n) is 14.2. The van der Waals surface area contributed by atoms with E-state index in [0.717, 1.165) is 24.1 Å². The lowest BCUT2D eigenvalue weighted by Gasteiger charge is -2.26. The Kier molecular flexibility index (Phi) is 5.56. The highest BCUT2D eigenvalue weighted by Gasteiger charge is 2.26. The molecule has 134 valence electrons. The van der Waals surface area contributed by atoms with Gasteiger partial charge in [-0.05, 0) is 50.1 Å². The molecule has 1 saturated heterocycles. The first-order chi connectivity index (χ1) is 12.0. The Morgan fingerprint density at radius 2 is 1.92 bits per heavy atom. The minimum Gasteiger partial charge on any atom is -0.347 e. The van der Waals surface area contributed by atoms with E-state index < -0.39 is 10.0 Å². The van der Waals surface area contributed by atoms with Crippen LogP contribution in [0.15, 0.2) is 41.3 Å². The number of benzene rings is 1. The fourth-order valence-electron chi connectivity index (χ4n) is 2.90. The average Bonchev–Trinajstić information content (AvgIpc) is 3.06. The molecular formula is C18H22N2O3S2. The Balaban J connectivity index is 1.73. The summed E-state index contributed by atoms with van der Waals surface area (Å²) in [5, 5.41) is 2.85. The molecule has 7 heteroatoms. The number of hydrogen-bond donors (Lipinski definition) is 1. The molecule has 2 heterocycles. The molecule has 1 aliphatic rings. The van der Waals surface area contributed by atoms with Gasteiger partial charge in [-0.25, -0.2) is 8.42 Å². The molecule has 3 rings (SSSR count). The van der Waals surface area contributed by atoms with Gasteiger partial charge in [0.15, 0.2) is 0 Å². The van der Waals surface area contributed by atoms with E-state index in [2.05, 4.69) is 5.32 Å². The smallest absolute Gasteiger partial charge is 0.251 e. The minimum atomic E-state index is -3.53. The molecule has 0 bridgehead atoms. The number of thiophene rings is 1. The van der Waals surface area contributed by atoms with Crippen LogP contribution in [0.5, 0.6) is 0 Å². The van der Waals surface area contributed by atoms with Crippen molar-refractivity contribution in [3.8, 4) is 0 Å². The van der Waals surface area contributed by atoms with Crippen LogP contribution in [0.2, 0.25) is 0 Å². The third-order valence-corrected chi connectivity index (χ3v) is 7.16. The molecule has 1 aliphatic heterocycles. The van der Waals surface area contributed by atoms with E-state index in [1.54, 1.807) is 29.5 Å². The summed E-state index contributed by atoms with van der Waals surface area (Å²) in [6.45, 7) is 3.57. The van der Waals surface area contributed by atoms with Gasteiger partial charge in [0.05, 0.1) is 11.4 Å². The van der Waals surface area contributed by atoms with Crippen LogP contribution in [0, 0.1) is 6.92 Å². The van der Waals surface area contributed by atoms with Gasteiger partial charge in [0.1, 0.15) is 0 Å². The van der Waals surface area contributed by atoms with Crippen LogP contribution in [0.4, 0.5) is 0 Å². The van der Waals surface area contributed by atoms with Crippen LogP contribution in [-0.4, -0.2) is 31.7 Å². The van der Waals surface area contributed by atoms with Crippen molar-refractivity contribution in [3.63, 3.8) is 0 Å². The van der Waals surface area contributed by atoms with Crippen molar-refractivity contribution >= 4 is 27.3 Å². The van der Waals surface area contributed by atoms with Gasteiger partial charge in [-0.2, -0.15) is 4.31 Å². The molecule has 25 heavy (non-hydrogen) atoms. The van der Waals surface area contributed by atoms with Gasteiger partial charge in [0, 0.05) is 28.4 Å². The summed E-state index contributed by atoms with van der Waals surface area (Å²) < 4.78 is 27.0. The number of piperidine rings is 1. The van der Waals surface area contributed by atoms with E-state index in [4.69, 9.17) is 0 Å². The van der Waals surface area contributed by atoms with Gasteiger partial charge in [0.25, 0.3) is 5.91 Å². The van der Waals surface area contributed by atoms with E-state index in [-0.39, 0.29) is 10.8 Å². The molecule has 1 fully saturated rings. The molecule has 0 unspecified atom stereocenters. The summed E-state index contributed by atoms with van der Waals surface area (Å²) in [6.07, 6.45) is 2.84. The molecule has 1 N–H and O–H groups in total. The van der Waals surface area contributed by atoms with Crippen molar-refractivity contribution in [2.24, 2.45) is 0 Å². The number of amides is 1. The van der Waals surface area contributed by atoms with Crippen LogP contribution >= 0.6 is 11.3 Å². The van der Waals surface area contributed by atoms with E-state index in [9.17, 15) is 13.2 Å². The van der Waals surface area contributed by atoms with Crippen LogP contribution in [0.1, 0.15) is 39.4 Å². The second-order valence-electron chi connectivity index (χ2n) is 6.19. The van der Waals surface area contributed by atoms with Gasteiger partial charge >= 0.3 is 0 Å². The first kappa shape index (κ1) is 18.1. The fourth-order valence-corrected chi connectivity index (χ4v) is 5.30. The second kappa shape index (κ2) is 7.68. The maximum Gasteiger partial charge on any atom is 0.251 e. The summed E-state index contributed by atoms with van der Waals surface area (Å²) in [4.78, 5) is 14.8. The monoisotopic (exact) mass is 378 g/mol. The third kappa shape index (κ3) is 4.29. The first-order valence-electron chi connectivity index (χ1n) is 8.40. The van der Waals surface area contributed by atoms with Crippen LogP contribution in [0.3, 0.4) is 0 Å². The maximum absolute atomic E-state index is 12.7. The SMILES string of the molecule is Cc1ccc(CNC(=O)c2cccc(S(=O)(=O)N3CCCCC3)c2)s1. The highest BCUT2D eigenvalue weighted by molar-refractivity contribution is 7.89. The Morgan fingerprint density at radius 1 is 1.16 bits per heavy atom. The fraction of sp³-hybridized carbons (Fsp3) is 0.389. The molecular weight excluding hydrogens is 356 g/mol. The summed E-state index contributed by atoms with van der Waals surface area (Å²) in [7, 11) is -3.53. The highest BCUT2D eigenvalue weighted by atomic mass is 32.2. The van der Waals surface area contributed by atoms with Crippen LogP contribution in [0.25, 0.3) is 0 Å².